The molecular formula is C11H16N2O5S2. The van der Waals surface area contributed by atoms with Crippen molar-refractivity contribution in [2.24, 2.45) is 5.73 Å². The predicted octanol–water partition coefficient (Wildman–Crippen LogP) is 0.722. The molecule has 7 nitrogen and oxygen atoms in total. The molecule has 0 atom stereocenters. The standard InChI is InChI=1S/C11H16N2O5S2/c1-2-3-4-13(6-9(12)14)20(17,18)10-5-8(7-19-10)11(15)16/h5,7H,2-4,6H2,1H3,(H2,12,14)(H,15,16). The van der Waals surface area contributed by atoms with Gasteiger partial charge in [0.15, 0.2) is 0 Å². The molecule has 0 unspecified atom stereocenters. The van der Waals surface area contributed by atoms with Crippen molar-refractivity contribution in [2.45, 2.75) is 24.0 Å². The molecule has 0 radical (unpaired) electrons. The number of hydrogen-bond acceptors (Lipinski definition) is 5. The van der Waals surface area contributed by atoms with Gasteiger partial charge in [-0.05, 0) is 12.5 Å². The average Bonchev–Trinajstić information content (AvgIpc) is 2.84. The average molecular weight is 320 g/mol. The summed E-state index contributed by atoms with van der Waals surface area (Å²) in [6.07, 6.45) is 1.35. The first-order valence-electron chi connectivity index (χ1n) is 5.89. The number of thiophene rings is 1. The van der Waals surface area contributed by atoms with Crippen LogP contribution in [0.3, 0.4) is 0 Å². The molecule has 1 amide bonds. The Hall–Kier alpha value is -1.45. The second-order valence-corrected chi connectivity index (χ2v) is 7.19. The third kappa shape index (κ3) is 4.02. The number of carbonyl (C=O) groups is 2. The number of amides is 1. The smallest absolute Gasteiger partial charge is 0.336 e. The highest BCUT2D eigenvalue weighted by Gasteiger charge is 2.27. The van der Waals surface area contributed by atoms with Crippen molar-refractivity contribution in [2.75, 3.05) is 13.1 Å². The van der Waals surface area contributed by atoms with E-state index in [2.05, 4.69) is 0 Å². The second kappa shape index (κ2) is 6.82. The molecule has 1 rings (SSSR count). The van der Waals surface area contributed by atoms with Crippen molar-refractivity contribution in [3.8, 4) is 0 Å². The van der Waals surface area contributed by atoms with Gasteiger partial charge in [0.05, 0.1) is 12.1 Å². The van der Waals surface area contributed by atoms with E-state index in [9.17, 15) is 18.0 Å². The lowest BCUT2D eigenvalue weighted by Crippen LogP contribution is -2.38. The molecule has 0 fully saturated rings. The highest BCUT2D eigenvalue weighted by atomic mass is 32.2. The lowest BCUT2D eigenvalue weighted by molar-refractivity contribution is -0.118. The number of unbranched alkanes of at least 4 members (excludes halogenated alkanes) is 1. The number of nitrogens with zero attached hydrogens (tertiary/aromatic N) is 1. The minimum absolute atomic E-state index is 0.0944. The predicted molar refractivity (Wildman–Crippen MR) is 74.1 cm³/mol. The molecule has 0 aliphatic heterocycles. The van der Waals surface area contributed by atoms with Crippen LogP contribution in [0.5, 0.6) is 0 Å². The number of rotatable bonds is 8. The zero-order chi connectivity index (χ0) is 15.3. The van der Waals surface area contributed by atoms with Crippen LogP contribution in [0.15, 0.2) is 15.7 Å². The maximum absolute atomic E-state index is 12.3. The van der Waals surface area contributed by atoms with Crippen LogP contribution in [0.4, 0.5) is 0 Å². The van der Waals surface area contributed by atoms with Crippen molar-refractivity contribution in [1.82, 2.24) is 4.31 Å². The van der Waals surface area contributed by atoms with Gasteiger partial charge in [-0.3, -0.25) is 4.79 Å². The lowest BCUT2D eigenvalue weighted by atomic mass is 10.3. The highest BCUT2D eigenvalue weighted by Crippen LogP contribution is 2.24. The van der Waals surface area contributed by atoms with Crippen molar-refractivity contribution >= 4 is 33.2 Å². The van der Waals surface area contributed by atoms with Crippen molar-refractivity contribution < 1.29 is 23.1 Å². The lowest BCUT2D eigenvalue weighted by Gasteiger charge is -2.19. The molecule has 0 saturated heterocycles. The number of nitrogens with two attached hydrogens (primary N) is 1. The monoisotopic (exact) mass is 320 g/mol. The Balaban J connectivity index is 3.07. The zero-order valence-electron chi connectivity index (χ0n) is 10.9. The fourth-order valence-electron chi connectivity index (χ4n) is 1.48. The van der Waals surface area contributed by atoms with E-state index in [-0.39, 0.29) is 16.3 Å². The van der Waals surface area contributed by atoms with Crippen LogP contribution in [0.1, 0.15) is 30.1 Å². The van der Waals surface area contributed by atoms with Gasteiger partial charge in [0.25, 0.3) is 10.0 Å². The Morgan fingerprint density at radius 1 is 1.45 bits per heavy atom. The molecule has 0 aliphatic rings. The Labute approximate surface area is 121 Å². The Morgan fingerprint density at radius 3 is 2.55 bits per heavy atom. The Bertz CT molecular complexity index is 594. The summed E-state index contributed by atoms with van der Waals surface area (Å²) >= 11 is 0.811. The number of carboxylic acids is 1. The van der Waals surface area contributed by atoms with E-state index < -0.39 is 28.4 Å². The number of hydrogen-bond donors (Lipinski definition) is 2. The van der Waals surface area contributed by atoms with Crippen molar-refractivity contribution in [3.05, 3.63) is 17.0 Å². The molecule has 0 spiro atoms. The molecule has 0 saturated carbocycles. The van der Waals surface area contributed by atoms with Crippen LogP contribution in [0.2, 0.25) is 0 Å². The molecule has 20 heavy (non-hydrogen) atoms. The Morgan fingerprint density at radius 2 is 2.10 bits per heavy atom. The maximum atomic E-state index is 12.3. The number of carbonyl (C=O) groups excluding carboxylic acids is 1. The third-order valence-corrected chi connectivity index (χ3v) is 5.77. The molecule has 0 bridgehead atoms. The minimum atomic E-state index is -3.89. The van der Waals surface area contributed by atoms with Gasteiger partial charge in [-0.25, -0.2) is 13.2 Å². The number of primary amides is 1. The van der Waals surface area contributed by atoms with Gasteiger partial charge in [0.1, 0.15) is 4.21 Å². The normalized spacial score (nSPS) is 11.7. The van der Waals surface area contributed by atoms with Crippen LogP contribution in [0, 0.1) is 0 Å². The van der Waals surface area contributed by atoms with Crippen LogP contribution < -0.4 is 5.73 Å². The SMILES string of the molecule is CCCCN(CC(N)=O)S(=O)(=O)c1cc(C(=O)O)cs1. The first-order chi connectivity index (χ1) is 9.28. The first-order valence-corrected chi connectivity index (χ1v) is 8.21. The van der Waals surface area contributed by atoms with Crippen LogP contribution in [-0.2, 0) is 14.8 Å². The summed E-state index contributed by atoms with van der Waals surface area (Å²) < 4.78 is 25.6. The molecule has 0 aliphatic carbocycles. The van der Waals surface area contributed by atoms with E-state index in [4.69, 9.17) is 10.8 Å². The van der Waals surface area contributed by atoms with E-state index in [0.29, 0.717) is 6.42 Å². The quantitative estimate of drug-likeness (QED) is 0.732. The van der Waals surface area contributed by atoms with Crippen LogP contribution >= 0.6 is 11.3 Å². The minimum Gasteiger partial charge on any atom is -0.478 e. The molecule has 0 aromatic carbocycles. The molecule has 112 valence electrons. The summed E-state index contributed by atoms with van der Waals surface area (Å²) in [6, 6.07) is 1.09. The van der Waals surface area contributed by atoms with Crippen molar-refractivity contribution in [1.29, 1.82) is 0 Å². The molecule has 1 aromatic heterocycles. The van der Waals surface area contributed by atoms with E-state index in [1.807, 2.05) is 6.92 Å². The molecule has 1 heterocycles. The van der Waals surface area contributed by atoms with Gasteiger partial charge in [0, 0.05) is 11.9 Å². The summed E-state index contributed by atoms with van der Waals surface area (Å²) in [4.78, 5) is 21.8. The summed E-state index contributed by atoms with van der Waals surface area (Å²) in [5.74, 6) is -1.95. The van der Waals surface area contributed by atoms with Gasteiger partial charge < -0.3 is 10.8 Å². The summed E-state index contributed by atoms with van der Waals surface area (Å²) in [5.41, 5.74) is 4.96. The van der Waals surface area contributed by atoms with Crippen molar-refractivity contribution in [3.63, 3.8) is 0 Å². The largest absolute Gasteiger partial charge is 0.478 e. The molecule has 9 heteroatoms. The van der Waals surface area contributed by atoms with Gasteiger partial charge in [-0.2, -0.15) is 4.31 Å². The Kier molecular flexibility index (Phi) is 5.66. The topological polar surface area (TPSA) is 118 Å². The van der Waals surface area contributed by atoms with Crippen LogP contribution in [0.25, 0.3) is 0 Å². The van der Waals surface area contributed by atoms with E-state index >= 15 is 0 Å². The fraction of sp³-hybridized carbons (Fsp3) is 0.455. The van der Waals surface area contributed by atoms with E-state index in [1.165, 1.54) is 5.38 Å². The molecule has 1 aromatic rings. The maximum Gasteiger partial charge on any atom is 0.336 e. The summed E-state index contributed by atoms with van der Waals surface area (Å²) in [5, 5.41) is 10.1. The third-order valence-electron chi connectivity index (χ3n) is 2.51. The molecule has 3 N–H and O–H groups in total. The number of carboxylic acid groups (broad SMARTS) is 1. The number of sulfonamides is 1. The van der Waals surface area contributed by atoms with Gasteiger partial charge in [-0.1, -0.05) is 13.3 Å². The first kappa shape index (κ1) is 16.6. The van der Waals surface area contributed by atoms with Gasteiger partial charge in [-0.15, -0.1) is 11.3 Å². The van der Waals surface area contributed by atoms with E-state index in [0.717, 1.165) is 28.1 Å². The van der Waals surface area contributed by atoms with Gasteiger partial charge in [0.2, 0.25) is 5.91 Å². The van der Waals surface area contributed by atoms with Gasteiger partial charge >= 0.3 is 5.97 Å². The summed E-state index contributed by atoms with van der Waals surface area (Å²) in [7, 11) is -3.89. The number of aromatic carboxylic acids is 1. The van der Waals surface area contributed by atoms with E-state index in [1.54, 1.807) is 0 Å². The highest BCUT2D eigenvalue weighted by molar-refractivity contribution is 7.91. The summed E-state index contributed by atoms with van der Waals surface area (Å²) in [6.45, 7) is 1.65. The fourth-order valence-corrected chi connectivity index (χ4v) is 4.23. The second-order valence-electron chi connectivity index (χ2n) is 4.12. The zero-order valence-corrected chi connectivity index (χ0v) is 12.5. The van der Waals surface area contributed by atoms with Crippen LogP contribution in [-0.4, -0.2) is 42.8 Å². The molecular weight excluding hydrogens is 304 g/mol.